The Bertz CT molecular complexity index is 680. The van der Waals surface area contributed by atoms with E-state index < -0.39 is 20.8 Å². The van der Waals surface area contributed by atoms with Crippen molar-refractivity contribution in [3.05, 3.63) is 30.3 Å². The molecular weight excluding hydrogens is 246 g/mol. The number of nitrogens with one attached hydrogen (secondary N) is 1. The molecule has 0 amide bonds. The summed E-state index contributed by atoms with van der Waals surface area (Å²) >= 11 is 0. The molecule has 0 saturated heterocycles. The van der Waals surface area contributed by atoms with Gasteiger partial charge >= 0.3 is 0 Å². The Morgan fingerprint density at radius 1 is 1.18 bits per heavy atom. The quantitative estimate of drug-likeness (QED) is 0.479. The molecule has 17 heavy (non-hydrogen) atoms. The average molecular weight is 255 g/mol. The average Bonchev–Trinajstić information content (AvgIpc) is 2.27. The Kier molecular flexibility index (Phi) is 2.66. The lowest BCUT2D eigenvalue weighted by Crippen LogP contribution is -2.04. The summed E-state index contributed by atoms with van der Waals surface area (Å²) in [6, 6.07) is 7.74. The van der Waals surface area contributed by atoms with Gasteiger partial charge in [0.25, 0.3) is 10.1 Å². The Balaban J connectivity index is 2.96. The van der Waals surface area contributed by atoms with E-state index in [0.29, 0.717) is 5.39 Å². The van der Waals surface area contributed by atoms with Gasteiger partial charge in [-0.25, -0.2) is 0 Å². The van der Waals surface area contributed by atoms with Gasteiger partial charge in [0.2, 0.25) is 0 Å². The molecule has 2 aromatic rings. The van der Waals surface area contributed by atoms with Crippen LogP contribution in [0, 0.1) is 0 Å². The Hall–Kier alpha value is -1.83. The Morgan fingerprint density at radius 2 is 1.82 bits per heavy atom. The second-order valence-corrected chi connectivity index (χ2v) is 4.77. The van der Waals surface area contributed by atoms with E-state index in [4.69, 9.17) is 9.76 Å². The van der Waals surface area contributed by atoms with Crippen LogP contribution in [0.15, 0.2) is 35.2 Å². The minimum atomic E-state index is -4.64. The maximum Gasteiger partial charge on any atom is 0.300 e. The Labute approximate surface area is 96.8 Å². The monoisotopic (exact) mass is 255 g/mol. The molecule has 90 valence electrons. The number of phenolic OH excluding ortho intramolecular Hbond substituents is 1. The summed E-state index contributed by atoms with van der Waals surface area (Å²) in [6.45, 7) is 0. The maximum absolute atomic E-state index is 11.1. The number of hydrogen-bond donors (Lipinski definition) is 4. The summed E-state index contributed by atoms with van der Waals surface area (Å²) in [4.78, 5) is -0.751. The van der Waals surface area contributed by atoms with Gasteiger partial charge < -0.3 is 5.11 Å². The first-order valence-electron chi connectivity index (χ1n) is 4.57. The molecule has 2 rings (SSSR count). The lowest BCUT2D eigenvalue weighted by Gasteiger charge is -2.10. The highest BCUT2D eigenvalue weighted by Gasteiger charge is 2.23. The highest BCUT2D eigenvalue weighted by molar-refractivity contribution is 7.86. The van der Waals surface area contributed by atoms with Gasteiger partial charge in [0.1, 0.15) is 5.75 Å². The number of benzene rings is 2. The molecule has 0 atom stereocenters. The smallest absolute Gasteiger partial charge is 0.300 e. The van der Waals surface area contributed by atoms with Crippen molar-refractivity contribution >= 4 is 26.6 Å². The van der Waals surface area contributed by atoms with Crippen molar-refractivity contribution in [1.29, 1.82) is 0 Å². The van der Waals surface area contributed by atoms with Crippen LogP contribution in [-0.2, 0) is 10.1 Å². The normalized spacial score (nSPS) is 11.6. The molecular formula is C10H9NO5S. The first-order chi connectivity index (χ1) is 7.95. The van der Waals surface area contributed by atoms with Gasteiger partial charge in [0.05, 0.1) is 5.69 Å². The maximum atomic E-state index is 11.1. The summed E-state index contributed by atoms with van der Waals surface area (Å²) in [6.07, 6.45) is 0. The van der Waals surface area contributed by atoms with Crippen molar-refractivity contribution in [3.63, 3.8) is 0 Å². The second kappa shape index (κ2) is 3.88. The first-order valence-corrected chi connectivity index (χ1v) is 6.01. The molecule has 0 aliphatic heterocycles. The van der Waals surface area contributed by atoms with Crippen LogP contribution in [0.1, 0.15) is 0 Å². The minimum Gasteiger partial charge on any atom is -0.506 e. The van der Waals surface area contributed by atoms with Crippen LogP contribution < -0.4 is 5.48 Å². The summed E-state index contributed by atoms with van der Waals surface area (Å²) in [5, 5.41) is 19.4. The largest absolute Gasteiger partial charge is 0.506 e. The van der Waals surface area contributed by atoms with E-state index in [1.807, 2.05) is 0 Å². The zero-order valence-corrected chi connectivity index (χ0v) is 9.27. The number of hydrogen-bond acceptors (Lipinski definition) is 5. The van der Waals surface area contributed by atoms with Gasteiger partial charge in [-0.05, 0) is 11.5 Å². The number of phenols is 1. The summed E-state index contributed by atoms with van der Waals surface area (Å²) in [7, 11) is -4.64. The number of rotatable bonds is 2. The SMILES string of the molecule is O=S(=O)(O)c1c(NO)cc2ccccc2c1O. The van der Waals surface area contributed by atoms with E-state index >= 15 is 0 Å². The number of anilines is 1. The van der Waals surface area contributed by atoms with Gasteiger partial charge in [0, 0.05) is 5.39 Å². The molecule has 0 aliphatic rings. The standard InChI is InChI=1S/C10H9NO5S/c12-9-7-4-2-1-3-6(7)5-8(11-13)10(9)17(14,15)16/h1-5,11-13H,(H,14,15,16). The van der Waals surface area contributed by atoms with Crippen LogP contribution >= 0.6 is 0 Å². The van der Waals surface area contributed by atoms with Crippen molar-refractivity contribution in [1.82, 2.24) is 0 Å². The summed E-state index contributed by atoms with van der Waals surface area (Å²) in [5.74, 6) is -0.609. The topological polar surface area (TPSA) is 107 Å². The third kappa shape index (κ3) is 1.91. The molecule has 0 saturated carbocycles. The van der Waals surface area contributed by atoms with Crippen LogP contribution in [0.5, 0.6) is 5.75 Å². The zero-order valence-electron chi connectivity index (χ0n) is 8.45. The zero-order chi connectivity index (χ0) is 12.6. The van der Waals surface area contributed by atoms with Gasteiger partial charge in [-0.15, -0.1) is 0 Å². The third-order valence-electron chi connectivity index (χ3n) is 2.35. The lowest BCUT2D eigenvalue weighted by atomic mass is 10.1. The summed E-state index contributed by atoms with van der Waals surface area (Å²) < 4.78 is 31.2. The van der Waals surface area contributed by atoms with Gasteiger partial charge in [-0.1, -0.05) is 24.3 Å². The molecule has 6 nitrogen and oxygen atoms in total. The van der Waals surface area contributed by atoms with E-state index in [-0.39, 0.29) is 11.1 Å². The highest BCUT2D eigenvalue weighted by atomic mass is 32.2. The third-order valence-corrected chi connectivity index (χ3v) is 3.28. The van der Waals surface area contributed by atoms with Crippen LogP contribution in [0.3, 0.4) is 0 Å². The Morgan fingerprint density at radius 3 is 2.41 bits per heavy atom. The van der Waals surface area contributed by atoms with Crippen molar-refractivity contribution in [2.45, 2.75) is 4.90 Å². The molecule has 0 fully saturated rings. The van der Waals surface area contributed by atoms with Crippen molar-refractivity contribution in [2.24, 2.45) is 0 Å². The molecule has 2 aromatic carbocycles. The van der Waals surface area contributed by atoms with Crippen molar-refractivity contribution < 1.29 is 23.3 Å². The predicted molar refractivity (Wildman–Crippen MR) is 60.8 cm³/mol. The second-order valence-electron chi connectivity index (χ2n) is 3.41. The fourth-order valence-electron chi connectivity index (χ4n) is 1.65. The fourth-order valence-corrected chi connectivity index (χ4v) is 2.39. The van der Waals surface area contributed by atoms with Crippen LogP contribution in [0.2, 0.25) is 0 Å². The van der Waals surface area contributed by atoms with Gasteiger partial charge in [-0.3, -0.25) is 15.2 Å². The molecule has 0 heterocycles. The summed E-state index contributed by atoms with van der Waals surface area (Å²) in [5.41, 5.74) is 1.35. The van der Waals surface area contributed by atoms with E-state index in [2.05, 4.69) is 0 Å². The lowest BCUT2D eigenvalue weighted by molar-refractivity contribution is 0.383. The molecule has 0 aromatic heterocycles. The molecule has 0 spiro atoms. The van der Waals surface area contributed by atoms with E-state index in [1.165, 1.54) is 12.1 Å². The van der Waals surface area contributed by atoms with Crippen LogP contribution in [0.4, 0.5) is 5.69 Å². The van der Waals surface area contributed by atoms with E-state index in [9.17, 15) is 13.5 Å². The predicted octanol–water partition coefficient (Wildman–Crippen LogP) is 1.59. The van der Waals surface area contributed by atoms with Gasteiger partial charge in [-0.2, -0.15) is 8.42 Å². The number of aromatic hydroxyl groups is 1. The van der Waals surface area contributed by atoms with Crippen molar-refractivity contribution in [3.8, 4) is 5.75 Å². The highest BCUT2D eigenvalue weighted by Crippen LogP contribution is 2.37. The van der Waals surface area contributed by atoms with Crippen LogP contribution in [0.25, 0.3) is 10.8 Å². The molecule has 0 unspecified atom stereocenters. The van der Waals surface area contributed by atoms with Crippen LogP contribution in [-0.4, -0.2) is 23.3 Å². The van der Waals surface area contributed by atoms with Crippen molar-refractivity contribution in [2.75, 3.05) is 5.48 Å². The molecule has 0 aliphatic carbocycles. The van der Waals surface area contributed by atoms with E-state index in [1.54, 1.807) is 23.7 Å². The molecule has 4 N–H and O–H groups in total. The fraction of sp³-hybridized carbons (Fsp3) is 0. The molecule has 0 bridgehead atoms. The minimum absolute atomic E-state index is 0.263. The molecule has 7 heteroatoms. The number of fused-ring (bicyclic) bond motifs is 1. The first kappa shape index (κ1) is 11.6. The molecule has 0 radical (unpaired) electrons. The van der Waals surface area contributed by atoms with E-state index in [0.717, 1.165) is 0 Å². The van der Waals surface area contributed by atoms with Gasteiger partial charge in [0.15, 0.2) is 4.90 Å².